The Kier molecular flexibility index (Phi) is 2.12. The average molecular weight is 175 g/mol. The van der Waals surface area contributed by atoms with E-state index in [9.17, 15) is 18.0 Å². The fourth-order valence-corrected chi connectivity index (χ4v) is 0.750. The van der Waals surface area contributed by atoms with Crippen LogP contribution in [0.3, 0.4) is 0 Å². The number of halogens is 3. The van der Waals surface area contributed by atoms with Crippen LogP contribution in [0, 0.1) is 0 Å². The number of aldehydes is 1. The van der Waals surface area contributed by atoms with Crippen molar-refractivity contribution in [2.45, 2.75) is 6.18 Å². The summed E-state index contributed by atoms with van der Waals surface area (Å²) in [4.78, 5) is 13.2. The largest absolute Gasteiger partial charge is 0.434 e. The third-order valence-corrected chi connectivity index (χ3v) is 1.23. The predicted molar refractivity (Wildman–Crippen MR) is 34.6 cm³/mol. The molecule has 0 amide bonds. The van der Waals surface area contributed by atoms with Gasteiger partial charge in [0.25, 0.3) is 0 Å². The van der Waals surface area contributed by atoms with E-state index in [4.69, 9.17) is 0 Å². The maximum Gasteiger partial charge on any atom is 0.434 e. The second-order valence-electron chi connectivity index (χ2n) is 2.06. The van der Waals surface area contributed by atoms with Crippen molar-refractivity contribution in [3.63, 3.8) is 0 Å². The fourth-order valence-electron chi connectivity index (χ4n) is 0.750. The zero-order chi connectivity index (χ0) is 9.19. The third-order valence-electron chi connectivity index (χ3n) is 1.23. The molecular weight excluding hydrogens is 171 g/mol. The zero-order valence-electron chi connectivity index (χ0n) is 5.80. The summed E-state index contributed by atoms with van der Waals surface area (Å²) in [5.74, 6) is 0. The normalized spacial score (nSPS) is 11.2. The van der Waals surface area contributed by atoms with Crippen molar-refractivity contribution < 1.29 is 18.0 Å². The lowest BCUT2D eigenvalue weighted by molar-refractivity contribution is -0.141. The number of nitrogens with zero attached hydrogens (tertiary/aromatic N) is 1. The molecule has 0 aliphatic rings. The molecule has 0 saturated carbocycles. The second-order valence-corrected chi connectivity index (χ2v) is 2.06. The van der Waals surface area contributed by atoms with E-state index in [2.05, 4.69) is 4.98 Å². The van der Waals surface area contributed by atoms with E-state index in [1.165, 1.54) is 6.07 Å². The lowest BCUT2D eigenvalue weighted by Gasteiger charge is -2.06. The molecule has 1 aromatic rings. The Balaban J connectivity index is 3.23. The minimum Gasteiger partial charge on any atom is -0.298 e. The molecule has 0 aromatic carbocycles. The van der Waals surface area contributed by atoms with Crippen LogP contribution in [0.2, 0.25) is 0 Å². The summed E-state index contributed by atoms with van der Waals surface area (Å²) in [7, 11) is 0. The van der Waals surface area contributed by atoms with Gasteiger partial charge < -0.3 is 0 Å². The smallest absolute Gasteiger partial charge is 0.298 e. The van der Waals surface area contributed by atoms with Crippen LogP contribution in [0.5, 0.6) is 0 Å². The molecular formula is C7H4F3NO. The Morgan fingerprint density at radius 3 is 2.50 bits per heavy atom. The van der Waals surface area contributed by atoms with Crippen LogP contribution in [0.25, 0.3) is 0 Å². The number of pyridine rings is 1. The quantitative estimate of drug-likeness (QED) is 0.610. The van der Waals surface area contributed by atoms with Gasteiger partial charge in [-0.3, -0.25) is 9.78 Å². The predicted octanol–water partition coefficient (Wildman–Crippen LogP) is 1.91. The fraction of sp³-hybridized carbons (Fsp3) is 0.143. The highest BCUT2D eigenvalue weighted by Crippen LogP contribution is 2.28. The van der Waals surface area contributed by atoms with Gasteiger partial charge in [0.2, 0.25) is 0 Å². The summed E-state index contributed by atoms with van der Waals surface area (Å²) in [6.07, 6.45) is -3.43. The maximum absolute atomic E-state index is 12.0. The minimum absolute atomic E-state index is 0.135. The number of alkyl halides is 3. The lowest BCUT2D eigenvalue weighted by Crippen LogP contribution is -2.11. The molecule has 0 aliphatic carbocycles. The van der Waals surface area contributed by atoms with Gasteiger partial charge in [-0.05, 0) is 12.1 Å². The molecule has 1 aromatic heterocycles. The summed E-state index contributed by atoms with van der Waals surface area (Å²) in [5, 5.41) is 0. The molecule has 0 aliphatic heterocycles. The molecule has 0 saturated heterocycles. The van der Waals surface area contributed by atoms with Gasteiger partial charge in [0, 0.05) is 11.8 Å². The average Bonchev–Trinajstić information content (AvgIpc) is 2.03. The standard InChI is InChI=1S/C7H4F3NO/c8-7(9,10)6-5(4-12)2-1-3-11-6/h1-4H. The number of aromatic nitrogens is 1. The number of hydrogen-bond acceptors (Lipinski definition) is 2. The van der Waals surface area contributed by atoms with Crippen molar-refractivity contribution in [3.8, 4) is 0 Å². The Morgan fingerprint density at radius 1 is 1.42 bits per heavy atom. The summed E-state index contributed by atoms with van der Waals surface area (Å²) in [6, 6.07) is 2.35. The number of carbonyl (C=O) groups excluding carboxylic acids is 1. The van der Waals surface area contributed by atoms with Crippen molar-refractivity contribution in [2.75, 3.05) is 0 Å². The molecule has 0 N–H and O–H groups in total. The van der Waals surface area contributed by atoms with Gasteiger partial charge in [0.1, 0.15) is 0 Å². The molecule has 64 valence electrons. The van der Waals surface area contributed by atoms with Crippen molar-refractivity contribution in [3.05, 3.63) is 29.6 Å². The van der Waals surface area contributed by atoms with E-state index >= 15 is 0 Å². The van der Waals surface area contributed by atoms with E-state index in [1.807, 2.05) is 0 Å². The van der Waals surface area contributed by atoms with Crippen LogP contribution < -0.4 is 0 Å². The number of hydrogen-bond donors (Lipinski definition) is 0. The van der Waals surface area contributed by atoms with Crippen LogP contribution in [-0.4, -0.2) is 11.3 Å². The molecule has 2 nitrogen and oxygen atoms in total. The van der Waals surface area contributed by atoms with Gasteiger partial charge in [-0.15, -0.1) is 0 Å². The maximum atomic E-state index is 12.0. The van der Waals surface area contributed by atoms with Gasteiger partial charge in [0.15, 0.2) is 12.0 Å². The molecule has 0 spiro atoms. The number of rotatable bonds is 1. The monoisotopic (exact) mass is 175 g/mol. The first-order chi connectivity index (χ1) is 5.55. The van der Waals surface area contributed by atoms with Gasteiger partial charge in [-0.1, -0.05) is 0 Å². The molecule has 0 bridgehead atoms. The van der Waals surface area contributed by atoms with Crippen molar-refractivity contribution in [2.24, 2.45) is 0 Å². The van der Waals surface area contributed by atoms with Crippen LogP contribution in [0.1, 0.15) is 16.1 Å². The zero-order valence-corrected chi connectivity index (χ0v) is 5.80. The molecule has 0 fully saturated rings. The highest BCUT2D eigenvalue weighted by Gasteiger charge is 2.34. The topological polar surface area (TPSA) is 30.0 Å². The van der Waals surface area contributed by atoms with Crippen molar-refractivity contribution >= 4 is 6.29 Å². The highest BCUT2D eigenvalue weighted by molar-refractivity contribution is 5.76. The second kappa shape index (κ2) is 2.92. The lowest BCUT2D eigenvalue weighted by atomic mass is 10.2. The Morgan fingerprint density at radius 2 is 2.08 bits per heavy atom. The summed E-state index contributed by atoms with van der Waals surface area (Å²) in [5.41, 5.74) is -1.58. The van der Waals surface area contributed by atoms with E-state index in [0.29, 0.717) is 0 Å². The summed E-state index contributed by atoms with van der Waals surface area (Å²) < 4.78 is 36.0. The number of carbonyl (C=O) groups is 1. The van der Waals surface area contributed by atoms with Crippen molar-refractivity contribution in [1.82, 2.24) is 4.98 Å². The van der Waals surface area contributed by atoms with Crippen LogP contribution >= 0.6 is 0 Å². The molecule has 1 heterocycles. The Labute approximate surface area is 66.0 Å². The van der Waals surface area contributed by atoms with Crippen LogP contribution in [0.15, 0.2) is 18.3 Å². The third kappa shape index (κ3) is 1.61. The Bertz CT molecular complexity index is 295. The Hall–Kier alpha value is -1.39. The molecule has 0 radical (unpaired) electrons. The molecule has 0 atom stereocenters. The first kappa shape index (κ1) is 8.70. The first-order valence-corrected chi connectivity index (χ1v) is 3.03. The SMILES string of the molecule is O=Cc1cccnc1C(F)(F)F. The molecule has 0 unspecified atom stereocenters. The molecule has 5 heteroatoms. The van der Waals surface area contributed by atoms with E-state index < -0.39 is 17.4 Å². The first-order valence-electron chi connectivity index (χ1n) is 3.03. The van der Waals surface area contributed by atoms with Gasteiger partial charge >= 0.3 is 6.18 Å². The van der Waals surface area contributed by atoms with Crippen LogP contribution in [-0.2, 0) is 6.18 Å². The highest BCUT2D eigenvalue weighted by atomic mass is 19.4. The van der Waals surface area contributed by atoms with Gasteiger partial charge in [-0.25, -0.2) is 0 Å². The van der Waals surface area contributed by atoms with Gasteiger partial charge in [-0.2, -0.15) is 13.2 Å². The van der Waals surface area contributed by atoms with Crippen LogP contribution in [0.4, 0.5) is 13.2 Å². The van der Waals surface area contributed by atoms with Crippen molar-refractivity contribution in [1.29, 1.82) is 0 Å². The van der Waals surface area contributed by atoms with E-state index in [0.717, 1.165) is 12.3 Å². The van der Waals surface area contributed by atoms with E-state index in [1.54, 1.807) is 0 Å². The molecule has 1 rings (SSSR count). The summed E-state index contributed by atoms with van der Waals surface area (Å²) >= 11 is 0. The summed E-state index contributed by atoms with van der Waals surface area (Å²) in [6.45, 7) is 0. The van der Waals surface area contributed by atoms with E-state index in [-0.39, 0.29) is 6.29 Å². The van der Waals surface area contributed by atoms with Gasteiger partial charge in [0.05, 0.1) is 0 Å². The molecule has 12 heavy (non-hydrogen) atoms. The minimum atomic E-state index is -4.56.